The lowest BCUT2D eigenvalue weighted by Crippen LogP contribution is -2.48. The van der Waals surface area contributed by atoms with E-state index in [0.717, 1.165) is 22.4 Å². The van der Waals surface area contributed by atoms with Crippen molar-refractivity contribution in [3.8, 4) is 5.75 Å². The van der Waals surface area contributed by atoms with Crippen LogP contribution in [0.2, 0.25) is 0 Å². The van der Waals surface area contributed by atoms with Crippen molar-refractivity contribution in [2.24, 2.45) is 0 Å². The van der Waals surface area contributed by atoms with Crippen LogP contribution in [0.25, 0.3) is 0 Å². The van der Waals surface area contributed by atoms with E-state index in [1.54, 1.807) is 16.4 Å². The second-order valence-corrected chi connectivity index (χ2v) is 11.9. The van der Waals surface area contributed by atoms with Crippen LogP contribution in [0.5, 0.6) is 5.75 Å². The van der Waals surface area contributed by atoms with Crippen LogP contribution in [0.15, 0.2) is 108 Å². The van der Waals surface area contributed by atoms with Crippen LogP contribution in [0.1, 0.15) is 27.0 Å². The van der Waals surface area contributed by atoms with Gasteiger partial charge in [-0.15, -0.1) is 0 Å². The third-order valence-corrected chi connectivity index (χ3v) is 8.89. The van der Waals surface area contributed by atoms with Gasteiger partial charge in [0.15, 0.2) is 0 Å². The summed E-state index contributed by atoms with van der Waals surface area (Å²) in [5.74, 6) is 0.555. The summed E-state index contributed by atoms with van der Waals surface area (Å²) < 4.78 is 33.3. The average molecular weight is 556 g/mol. The van der Waals surface area contributed by atoms with E-state index in [2.05, 4.69) is 10.2 Å². The molecule has 1 amide bonds. The molecule has 0 saturated carbocycles. The third-order valence-electron chi connectivity index (χ3n) is 6.97. The highest BCUT2D eigenvalue weighted by molar-refractivity contribution is 7.89. The lowest BCUT2D eigenvalue weighted by atomic mass is 10.1. The number of nitrogens with zero attached hydrogens (tertiary/aromatic N) is 2. The molecular formula is C32H33N3O4S. The molecule has 0 aliphatic carbocycles. The molecule has 0 atom stereocenters. The summed E-state index contributed by atoms with van der Waals surface area (Å²) in [5, 5.41) is 2.93. The van der Waals surface area contributed by atoms with Crippen LogP contribution in [0.3, 0.4) is 0 Å². The van der Waals surface area contributed by atoms with Crippen LogP contribution in [0, 0.1) is 6.92 Å². The molecule has 0 radical (unpaired) electrons. The van der Waals surface area contributed by atoms with E-state index < -0.39 is 10.0 Å². The number of rotatable bonds is 9. The van der Waals surface area contributed by atoms with Crippen LogP contribution >= 0.6 is 0 Å². The fourth-order valence-corrected chi connectivity index (χ4v) is 6.01. The number of hydrogen-bond acceptors (Lipinski definition) is 5. The van der Waals surface area contributed by atoms with Gasteiger partial charge in [-0.3, -0.25) is 9.69 Å². The van der Waals surface area contributed by atoms with E-state index in [1.807, 2.05) is 97.9 Å². The Morgan fingerprint density at radius 3 is 2.08 bits per heavy atom. The first-order chi connectivity index (χ1) is 19.4. The van der Waals surface area contributed by atoms with Crippen LogP contribution in [-0.4, -0.2) is 49.7 Å². The number of aryl methyl sites for hydroxylation is 1. The Kier molecular flexibility index (Phi) is 8.60. The van der Waals surface area contributed by atoms with Gasteiger partial charge in [-0.05, 0) is 66.6 Å². The molecule has 7 nitrogen and oxygen atoms in total. The summed E-state index contributed by atoms with van der Waals surface area (Å²) in [6.45, 7) is 5.33. The summed E-state index contributed by atoms with van der Waals surface area (Å²) >= 11 is 0. The zero-order chi connectivity index (χ0) is 28.0. The van der Waals surface area contributed by atoms with E-state index in [4.69, 9.17) is 4.74 Å². The highest BCUT2D eigenvalue weighted by atomic mass is 32.2. The Morgan fingerprint density at radius 2 is 1.43 bits per heavy atom. The molecule has 4 aromatic carbocycles. The minimum Gasteiger partial charge on any atom is -0.489 e. The Morgan fingerprint density at radius 1 is 0.775 bits per heavy atom. The number of ether oxygens (including phenoxy) is 1. The quantitative estimate of drug-likeness (QED) is 0.302. The van der Waals surface area contributed by atoms with Gasteiger partial charge in [0.05, 0.1) is 4.90 Å². The molecular weight excluding hydrogens is 522 g/mol. The van der Waals surface area contributed by atoms with Crippen molar-refractivity contribution in [2.45, 2.75) is 25.0 Å². The zero-order valence-corrected chi connectivity index (χ0v) is 23.3. The van der Waals surface area contributed by atoms with E-state index in [-0.39, 0.29) is 5.91 Å². The predicted molar refractivity (Wildman–Crippen MR) is 157 cm³/mol. The minimum atomic E-state index is -3.48. The van der Waals surface area contributed by atoms with E-state index in [0.29, 0.717) is 55.5 Å². The van der Waals surface area contributed by atoms with Crippen molar-refractivity contribution >= 4 is 21.6 Å². The number of amides is 1. The molecule has 8 heteroatoms. The van der Waals surface area contributed by atoms with Crippen LogP contribution in [0.4, 0.5) is 5.69 Å². The molecule has 1 aliphatic heterocycles. The predicted octanol–water partition coefficient (Wildman–Crippen LogP) is 5.33. The lowest BCUT2D eigenvalue weighted by Gasteiger charge is -2.34. The van der Waals surface area contributed by atoms with E-state index >= 15 is 0 Å². The first-order valence-electron chi connectivity index (χ1n) is 13.3. The van der Waals surface area contributed by atoms with Crippen LogP contribution in [-0.2, 0) is 23.2 Å². The first-order valence-corrected chi connectivity index (χ1v) is 14.8. The molecule has 5 rings (SSSR count). The topological polar surface area (TPSA) is 79.0 Å². The number of carbonyl (C=O) groups is 1. The van der Waals surface area contributed by atoms with Gasteiger partial charge in [0, 0.05) is 44.0 Å². The Balaban J connectivity index is 1.09. The summed E-state index contributed by atoms with van der Waals surface area (Å²) in [6.07, 6.45) is 0. The third kappa shape index (κ3) is 6.96. The number of anilines is 1. The Hall–Kier alpha value is -3.98. The fourth-order valence-electron chi connectivity index (χ4n) is 4.59. The SMILES string of the molecule is Cc1ccc(S(=O)(=O)N2CCN(Cc3ccc(C(=O)Nc4ccc(OCc5ccccc5)cc4)cc3)CC2)cc1. The highest BCUT2D eigenvalue weighted by Gasteiger charge is 2.28. The fraction of sp³-hybridized carbons (Fsp3) is 0.219. The molecule has 0 spiro atoms. The zero-order valence-electron chi connectivity index (χ0n) is 22.5. The molecule has 1 N–H and O–H groups in total. The van der Waals surface area contributed by atoms with Crippen LogP contribution < -0.4 is 10.1 Å². The van der Waals surface area contributed by atoms with Crippen molar-refractivity contribution < 1.29 is 17.9 Å². The van der Waals surface area contributed by atoms with Gasteiger partial charge < -0.3 is 10.1 Å². The van der Waals surface area contributed by atoms with Gasteiger partial charge in [-0.25, -0.2) is 8.42 Å². The molecule has 40 heavy (non-hydrogen) atoms. The van der Waals surface area contributed by atoms with Gasteiger partial charge >= 0.3 is 0 Å². The molecule has 206 valence electrons. The molecule has 4 aromatic rings. The molecule has 0 bridgehead atoms. The molecule has 1 aliphatic rings. The van der Waals surface area contributed by atoms with Crippen molar-refractivity contribution in [3.63, 3.8) is 0 Å². The summed E-state index contributed by atoms with van der Waals surface area (Å²) in [6, 6.07) is 31.8. The first kappa shape index (κ1) is 27.6. The number of sulfonamides is 1. The number of benzene rings is 4. The number of piperazine rings is 1. The maximum Gasteiger partial charge on any atom is 0.255 e. The van der Waals surface area contributed by atoms with Crippen molar-refractivity contribution in [1.29, 1.82) is 0 Å². The molecule has 0 aromatic heterocycles. The second kappa shape index (κ2) is 12.5. The number of carbonyl (C=O) groups excluding carboxylic acids is 1. The largest absolute Gasteiger partial charge is 0.489 e. The molecule has 1 fully saturated rings. The van der Waals surface area contributed by atoms with E-state index in [1.165, 1.54) is 0 Å². The monoisotopic (exact) mass is 555 g/mol. The molecule has 1 heterocycles. The summed E-state index contributed by atoms with van der Waals surface area (Å²) in [7, 11) is -3.48. The van der Waals surface area contributed by atoms with Gasteiger partial charge in [-0.2, -0.15) is 4.31 Å². The average Bonchev–Trinajstić information content (AvgIpc) is 2.98. The number of nitrogens with one attached hydrogen (secondary N) is 1. The summed E-state index contributed by atoms with van der Waals surface area (Å²) in [5.41, 5.74) is 4.47. The Bertz CT molecular complexity index is 1510. The number of hydrogen-bond donors (Lipinski definition) is 1. The van der Waals surface area contributed by atoms with Gasteiger partial charge in [0.25, 0.3) is 5.91 Å². The normalized spacial score (nSPS) is 14.5. The van der Waals surface area contributed by atoms with Crippen molar-refractivity contribution in [2.75, 3.05) is 31.5 Å². The second-order valence-electron chi connectivity index (χ2n) is 9.94. The Labute approximate surface area is 236 Å². The smallest absolute Gasteiger partial charge is 0.255 e. The molecule has 0 unspecified atom stereocenters. The van der Waals surface area contributed by atoms with Gasteiger partial charge in [-0.1, -0.05) is 60.2 Å². The van der Waals surface area contributed by atoms with Crippen molar-refractivity contribution in [3.05, 3.63) is 125 Å². The maximum atomic E-state index is 13.0. The minimum absolute atomic E-state index is 0.181. The molecule has 1 saturated heterocycles. The van der Waals surface area contributed by atoms with Gasteiger partial charge in [0.2, 0.25) is 10.0 Å². The highest BCUT2D eigenvalue weighted by Crippen LogP contribution is 2.20. The lowest BCUT2D eigenvalue weighted by molar-refractivity contribution is 0.102. The standard InChI is InChI=1S/C32H33N3O4S/c1-25-7-17-31(18-8-25)40(37,38)35-21-19-34(20-22-35)23-26-9-11-28(12-10-26)32(36)33-29-13-15-30(16-14-29)39-24-27-5-3-2-4-6-27/h2-18H,19-24H2,1H3,(H,33,36). The van der Waals surface area contributed by atoms with E-state index in [9.17, 15) is 13.2 Å². The van der Waals surface area contributed by atoms with Gasteiger partial charge in [0.1, 0.15) is 12.4 Å². The summed E-state index contributed by atoms with van der Waals surface area (Å²) in [4.78, 5) is 15.3. The van der Waals surface area contributed by atoms with Crippen molar-refractivity contribution in [1.82, 2.24) is 9.21 Å². The maximum absolute atomic E-state index is 13.0.